The lowest BCUT2D eigenvalue weighted by Gasteiger charge is -2.12. The normalized spacial score (nSPS) is 13.9. The molecule has 0 radical (unpaired) electrons. The molecule has 25 heavy (non-hydrogen) atoms. The molecule has 1 aliphatic carbocycles. The molecule has 6 nitrogen and oxygen atoms in total. The maximum Gasteiger partial charge on any atom is 0.191 e. The Bertz CT molecular complexity index is 638. The molecule has 0 bridgehead atoms. The molecule has 1 saturated carbocycles. The number of methoxy groups -OCH3 is 1. The van der Waals surface area contributed by atoms with E-state index in [0.717, 1.165) is 37.8 Å². The molecule has 3 rings (SSSR count). The molecule has 2 aromatic rings. The summed E-state index contributed by atoms with van der Waals surface area (Å²) in [6, 6.07) is 8.76. The molecule has 1 aromatic carbocycles. The summed E-state index contributed by atoms with van der Waals surface area (Å²) < 4.78 is 7.24. The minimum absolute atomic E-state index is 0. The van der Waals surface area contributed by atoms with E-state index in [1.807, 2.05) is 24.7 Å². The lowest BCUT2D eigenvalue weighted by atomic mass is 10.1. The molecule has 1 heterocycles. The first-order valence-electron chi connectivity index (χ1n) is 8.47. The summed E-state index contributed by atoms with van der Waals surface area (Å²) in [7, 11) is 1.69. The monoisotopic (exact) mass is 455 g/mol. The van der Waals surface area contributed by atoms with Gasteiger partial charge in [-0.15, -0.1) is 24.0 Å². The van der Waals surface area contributed by atoms with Gasteiger partial charge in [-0.3, -0.25) is 4.99 Å². The van der Waals surface area contributed by atoms with Gasteiger partial charge in [-0.25, -0.2) is 4.98 Å². The first kappa shape index (κ1) is 19.6. The number of aliphatic imine (C=N–C) groups is 1. The van der Waals surface area contributed by atoms with Gasteiger partial charge in [0.2, 0.25) is 0 Å². The average Bonchev–Trinajstić information content (AvgIpc) is 3.27. The second kappa shape index (κ2) is 10.3. The molecule has 1 aromatic heterocycles. The number of nitrogens with one attached hydrogen (secondary N) is 2. The number of nitrogens with zero attached hydrogens (tertiary/aromatic N) is 3. The number of halogens is 1. The molecule has 136 valence electrons. The third-order valence-corrected chi connectivity index (χ3v) is 3.97. The van der Waals surface area contributed by atoms with Crippen molar-refractivity contribution in [1.82, 2.24) is 20.2 Å². The second-order valence-corrected chi connectivity index (χ2v) is 5.97. The maximum absolute atomic E-state index is 5.18. The van der Waals surface area contributed by atoms with Crippen molar-refractivity contribution in [2.75, 3.05) is 20.2 Å². The summed E-state index contributed by atoms with van der Waals surface area (Å²) in [6.07, 6.45) is 8.99. The SMILES string of the molecule is COc1ccc(CCN=C(NCCn2ccnc2)NC2CC2)cc1.I. The number of aromatic nitrogens is 2. The van der Waals surface area contributed by atoms with Crippen LogP contribution in [0, 0.1) is 0 Å². The van der Waals surface area contributed by atoms with E-state index in [9.17, 15) is 0 Å². The predicted octanol–water partition coefficient (Wildman–Crippen LogP) is 2.45. The Morgan fingerprint density at radius 1 is 1.32 bits per heavy atom. The van der Waals surface area contributed by atoms with Crippen LogP contribution in [-0.2, 0) is 13.0 Å². The largest absolute Gasteiger partial charge is 0.497 e. The van der Waals surface area contributed by atoms with Gasteiger partial charge in [0.25, 0.3) is 0 Å². The summed E-state index contributed by atoms with van der Waals surface area (Å²) in [5.74, 6) is 1.80. The van der Waals surface area contributed by atoms with Gasteiger partial charge >= 0.3 is 0 Å². The van der Waals surface area contributed by atoms with Crippen LogP contribution in [0.15, 0.2) is 48.0 Å². The van der Waals surface area contributed by atoms with Gasteiger partial charge in [0.05, 0.1) is 13.4 Å². The van der Waals surface area contributed by atoms with Crippen molar-refractivity contribution in [3.8, 4) is 5.75 Å². The lowest BCUT2D eigenvalue weighted by Crippen LogP contribution is -2.40. The van der Waals surface area contributed by atoms with Crippen LogP contribution in [0.4, 0.5) is 0 Å². The third-order valence-electron chi connectivity index (χ3n) is 3.97. The van der Waals surface area contributed by atoms with Crippen molar-refractivity contribution in [3.05, 3.63) is 48.5 Å². The minimum atomic E-state index is 0. The molecule has 2 N–H and O–H groups in total. The van der Waals surface area contributed by atoms with Crippen LogP contribution in [0.25, 0.3) is 0 Å². The third kappa shape index (κ3) is 6.93. The highest BCUT2D eigenvalue weighted by molar-refractivity contribution is 14.0. The molecule has 1 fully saturated rings. The molecular weight excluding hydrogens is 429 g/mol. The zero-order chi connectivity index (χ0) is 16.6. The minimum Gasteiger partial charge on any atom is -0.497 e. The number of benzene rings is 1. The van der Waals surface area contributed by atoms with E-state index in [-0.39, 0.29) is 24.0 Å². The summed E-state index contributed by atoms with van der Waals surface area (Å²) in [5, 5.41) is 6.87. The van der Waals surface area contributed by atoms with E-state index in [0.29, 0.717) is 6.04 Å². The zero-order valence-electron chi connectivity index (χ0n) is 14.5. The van der Waals surface area contributed by atoms with Gasteiger partial charge in [0.1, 0.15) is 5.75 Å². The highest BCUT2D eigenvalue weighted by atomic mass is 127. The Hall–Kier alpha value is -1.77. The van der Waals surface area contributed by atoms with Crippen molar-refractivity contribution in [3.63, 3.8) is 0 Å². The highest BCUT2D eigenvalue weighted by Crippen LogP contribution is 2.18. The molecule has 0 saturated heterocycles. The van der Waals surface area contributed by atoms with Crippen LogP contribution in [0.5, 0.6) is 5.75 Å². The summed E-state index contributed by atoms with van der Waals surface area (Å²) in [6.45, 7) is 2.47. The highest BCUT2D eigenvalue weighted by Gasteiger charge is 2.22. The van der Waals surface area contributed by atoms with Crippen molar-refractivity contribution in [2.45, 2.75) is 31.8 Å². The van der Waals surface area contributed by atoms with E-state index in [1.54, 1.807) is 13.3 Å². The van der Waals surface area contributed by atoms with Crippen LogP contribution < -0.4 is 15.4 Å². The maximum atomic E-state index is 5.18. The smallest absolute Gasteiger partial charge is 0.191 e. The fraction of sp³-hybridized carbons (Fsp3) is 0.444. The Morgan fingerprint density at radius 2 is 2.12 bits per heavy atom. The van der Waals surface area contributed by atoms with Crippen LogP contribution in [0.3, 0.4) is 0 Å². The Morgan fingerprint density at radius 3 is 2.76 bits per heavy atom. The fourth-order valence-electron chi connectivity index (χ4n) is 2.39. The van der Waals surface area contributed by atoms with Gasteiger partial charge in [-0.1, -0.05) is 12.1 Å². The number of hydrogen-bond acceptors (Lipinski definition) is 3. The van der Waals surface area contributed by atoms with Gasteiger partial charge in [0, 0.05) is 38.1 Å². The average molecular weight is 455 g/mol. The molecule has 0 unspecified atom stereocenters. The quantitative estimate of drug-likeness (QED) is 0.365. The second-order valence-electron chi connectivity index (χ2n) is 5.97. The van der Waals surface area contributed by atoms with Crippen LogP contribution in [-0.4, -0.2) is 41.8 Å². The van der Waals surface area contributed by atoms with Gasteiger partial charge < -0.3 is 19.9 Å². The first-order valence-corrected chi connectivity index (χ1v) is 8.47. The van der Waals surface area contributed by atoms with Gasteiger partial charge in [0.15, 0.2) is 5.96 Å². The van der Waals surface area contributed by atoms with Crippen LogP contribution in [0.1, 0.15) is 18.4 Å². The van der Waals surface area contributed by atoms with Crippen molar-refractivity contribution >= 4 is 29.9 Å². The number of guanidine groups is 1. The number of rotatable bonds is 8. The summed E-state index contributed by atoms with van der Waals surface area (Å²) in [5.41, 5.74) is 1.27. The first-order chi connectivity index (χ1) is 11.8. The number of imidazole rings is 1. The zero-order valence-corrected chi connectivity index (χ0v) is 16.8. The van der Waals surface area contributed by atoms with E-state index in [1.165, 1.54) is 18.4 Å². The molecule has 7 heteroatoms. The molecule has 0 amide bonds. The fourth-order valence-corrected chi connectivity index (χ4v) is 2.39. The van der Waals surface area contributed by atoms with E-state index >= 15 is 0 Å². The van der Waals surface area contributed by atoms with Crippen LogP contribution in [0.2, 0.25) is 0 Å². The summed E-state index contributed by atoms with van der Waals surface area (Å²) >= 11 is 0. The Balaban J connectivity index is 0.00000225. The molecule has 0 atom stereocenters. The van der Waals surface area contributed by atoms with Crippen molar-refractivity contribution in [1.29, 1.82) is 0 Å². The standard InChI is InChI=1S/C18H25N5O.HI/c1-24-17-6-2-15(3-7-17)8-9-20-18(22-16-4-5-16)21-11-13-23-12-10-19-14-23;/h2-3,6-7,10,12,14,16H,4-5,8-9,11,13H2,1H3,(H2,20,21,22);1H. The van der Waals surface area contributed by atoms with Gasteiger partial charge in [-0.05, 0) is 37.0 Å². The van der Waals surface area contributed by atoms with E-state index in [4.69, 9.17) is 9.73 Å². The molecule has 0 spiro atoms. The summed E-state index contributed by atoms with van der Waals surface area (Å²) in [4.78, 5) is 8.75. The number of ether oxygens (including phenoxy) is 1. The van der Waals surface area contributed by atoms with Crippen LogP contribution >= 0.6 is 24.0 Å². The van der Waals surface area contributed by atoms with Gasteiger partial charge in [-0.2, -0.15) is 0 Å². The molecule has 1 aliphatic rings. The topological polar surface area (TPSA) is 63.5 Å². The van der Waals surface area contributed by atoms with E-state index in [2.05, 4.69) is 32.3 Å². The lowest BCUT2D eigenvalue weighted by molar-refractivity contribution is 0.414. The molecule has 0 aliphatic heterocycles. The van der Waals surface area contributed by atoms with Crippen molar-refractivity contribution in [2.24, 2.45) is 4.99 Å². The Kier molecular flexibility index (Phi) is 8.03. The number of hydrogen-bond donors (Lipinski definition) is 2. The predicted molar refractivity (Wildman–Crippen MR) is 111 cm³/mol. The molecular formula is C18H26IN5O. The van der Waals surface area contributed by atoms with Crippen molar-refractivity contribution < 1.29 is 4.74 Å². The van der Waals surface area contributed by atoms with E-state index < -0.39 is 0 Å². The Labute approximate surface area is 166 Å².